The number of para-hydroxylation sites is 1. The van der Waals surface area contributed by atoms with Gasteiger partial charge in [-0.3, -0.25) is 4.57 Å². The van der Waals surface area contributed by atoms with Crippen molar-refractivity contribution in [1.29, 1.82) is 0 Å². The van der Waals surface area contributed by atoms with Gasteiger partial charge in [0.05, 0.1) is 21.7 Å². The number of aryl methyl sites for hydroxylation is 1. The fourth-order valence-corrected chi connectivity index (χ4v) is 9.75. The highest BCUT2D eigenvalue weighted by Crippen LogP contribution is 2.40. The number of esters is 1. The van der Waals surface area contributed by atoms with Crippen molar-refractivity contribution in [2.75, 3.05) is 38.3 Å². The number of nitrogens with zero attached hydrogens (tertiary/aromatic N) is 7. The third-order valence-corrected chi connectivity index (χ3v) is 14.2. The minimum Gasteiger partial charge on any atom is -0.461 e. The summed E-state index contributed by atoms with van der Waals surface area (Å²) in [6.07, 6.45) is 0. The van der Waals surface area contributed by atoms with Gasteiger partial charge < -0.3 is 14.4 Å². The second-order valence-electron chi connectivity index (χ2n) is 13.3. The Morgan fingerprint density at radius 1 is 1.06 bits per heavy atom. The van der Waals surface area contributed by atoms with E-state index in [1.54, 1.807) is 53.5 Å². The molecule has 4 heterocycles. The lowest BCUT2D eigenvalue weighted by atomic mass is 10.00. The smallest absolute Gasteiger partial charge is 0.358 e. The van der Waals surface area contributed by atoms with Crippen LogP contribution in [0.5, 0.6) is 0 Å². The van der Waals surface area contributed by atoms with Crippen LogP contribution in [0.25, 0.3) is 10.2 Å². The Labute approximate surface area is 301 Å². The molecule has 1 aliphatic heterocycles. The van der Waals surface area contributed by atoms with Gasteiger partial charge in [0.25, 0.3) is 0 Å². The van der Waals surface area contributed by atoms with Gasteiger partial charge in [-0.15, -0.1) is 21.5 Å². The van der Waals surface area contributed by atoms with Crippen LogP contribution in [0.3, 0.4) is 0 Å². The molecule has 6 rings (SSSR count). The molecule has 1 aliphatic rings. The number of aromatic nitrogens is 4. The molecule has 0 N–H and O–H groups in total. The number of ether oxygens (including phenoxy) is 2. The van der Waals surface area contributed by atoms with Gasteiger partial charge >= 0.3 is 5.97 Å². The molecule has 0 atom stereocenters. The van der Waals surface area contributed by atoms with Crippen LogP contribution in [0.4, 0.5) is 16.8 Å². The van der Waals surface area contributed by atoms with Crippen molar-refractivity contribution in [3.05, 3.63) is 81.6 Å². The number of rotatable bonds is 13. The monoisotopic (exact) mass is 751 g/mol. The molecule has 3 aromatic heterocycles. The van der Waals surface area contributed by atoms with Crippen molar-refractivity contribution in [2.24, 2.45) is 4.99 Å². The van der Waals surface area contributed by atoms with Gasteiger partial charge in [-0.05, 0) is 55.8 Å². The molecule has 0 saturated carbocycles. The van der Waals surface area contributed by atoms with E-state index in [1.807, 2.05) is 32.2 Å². The minimum absolute atomic E-state index is 0.193. The van der Waals surface area contributed by atoms with Crippen molar-refractivity contribution in [3.8, 4) is 0 Å². The van der Waals surface area contributed by atoms with Crippen LogP contribution >= 0.6 is 22.7 Å². The molecular formula is C34H41N7O5S3Si. The summed E-state index contributed by atoms with van der Waals surface area (Å²) in [6, 6.07) is 19.5. The van der Waals surface area contributed by atoms with E-state index in [0.29, 0.717) is 35.0 Å². The van der Waals surface area contributed by atoms with Crippen LogP contribution in [0.2, 0.25) is 25.7 Å². The summed E-state index contributed by atoms with van der Waals surface area (Å²) in [7, 11) is -3.05. The maximum atomic E-state index is 13.1. The van der Waals surface area contributed by atoms with Gasteiger partial charge in [0, 0.05) is 45.6 Å². The van der Waals surface area contributed by atoms with Crippen molar-refractivity contribution in [1.82, 2.24) is 24.1 Å². The summed E-state index contributed by atoms with van der Waals surface area (Å²) >= 11 is 2.90. The molecule has 0 unspecified atom stereocenters. The Kier molecular flexibility index (Phi) is 10.7. The van der Waals surface area contributed by atoms with E-state index in [1.165, 1.54) is 15.6 Å². The van der Waals surface area contributed by atoms with Gasteiger partial charge in [-0.25, -0.2) is 18.2 Å². The molecule has 0 spiro atoms. The van der Waals surface area contributed by atoms with E-state index in [0.717, 1.165) is 26.6 Å². The number of thiazole rings is 2. The molecule has 0 amide bonds. The molecule has 12 nitrogen and oxygen atoms in total. The van der Waals surface area contributed by atoms with Crippen molar-refractivity contribution < 1.29 is 22.7 Å². The van der Waals surface area contributed by atoms with Crippen LogP contribution in [0.1, 0.15) is 33.8 Å². The lowest BCUT2D eigenvalue weighted by Crippen LogP contribution is -2.48. The Morgan fingerprint density at radius 3 is 2.48 bits per heavy atom. The Bertz CT molecular complexity index is 2170. The van der Waals surface area contributed by atoms with E-state index in [4.69, 9.17) is 14.5 Å². The molecule has 1 fully saturated rings. The zero-order valence-corrected chi connectivity index (χ0v) is 32.4. The number of carbonyl (C=O) groups is 1. The Balaban J connectivity index is 1.24. The Morgan fingerprint density at radius 2 is 1.78 bits per heavy atom. The zero-order valence-electron chi connectivity index (χ0n) is 29.0. The van der Waals surface area contributed by atoms with E-state index in [2.05, 4.69) is 51.5 Å². The molecule has 0 bridgehead atoms. The van der Waals surface area contributed by atoms with Gasteiger partial charge in [-0.1, -0.05) is 61.3 Å². The maximum absolute atomic E-state index is 13.1. The third-order valence-electron chi connectivity index (χ3n) is 8.29. The topological polar surface area (TPSA) is 132 Å². The molecule has 0 radical (unpaired) electrons. The van der Waals surface area contributed by atoms with Crippen LogP contribution in [0, 0.1) is 6.92 Å². The van der Waals surface area contributed by atoms with Gasteiger partial charge in [0.15, 0.2) is 27.3 Å². The summed E-state index contributed by atoms with van der Waals surface area (Å²) in [5.74, 6) is 0.276. The molecule has 264 valence electrons. The van der Waals surface area contributed by atoms with Gasteiger partial charge in [0.2, 0.25) is 10.0 Å². The highest BCUT2D eigenvalue weighted by Gasteiger charge is 2.41. The number of carbonyl (C=O) groups excluding carboxylic acids is 1. The second-order valence-corrected chi connectivity index (χ2v) is 22.8. The van der Waals surface area contributed by atoms with Crippen molar-refractivity contribution in [3.63, 3.8) is 0 Å². The highest BCUT2D eigenvalue weighted by molar-refractivity contribution is 7.89. The standard InChI is InChI=1S/C34H41N7O5S3Si/c1-7-46-32(42)29-30(24-20-40(21-24)49(43,44)25-13-9-8-10-14-25)48-33(35-29)39(3)28-19-23(2)31(38-37-28)36-34-41(22-45-17-18-50(4,5)6)26-15-11-12-16-27(26)47-34/h8-16,19,24H,7,17-18,20-22H2,1-6H3/b36-34-. The number of hydrogen-bond acceptors (Lipinski definition) is 12. The zero-order chi connectivity index (χ0) is 35.6. The first-order valence-electron chi connectivity index (χ1n) is 16.4. The fraction of sp³-hybridized carbons (Fsp3) is 0.382. The predicted octanol–water partition coefficient (Wildman–Crippen LogP) is 6.54. The number of fused-ring (bicyclic) bond motifs is 1. The SMILES string of the molecule is CCOC(=O)c1nc(N(C)c2cc(C)c(/N=c3\sc4ccccc4n3COCC[Si](C)(C)C)nn2)sc1C1CN(S(=O)(=O)c2ccccc2)C1. The predicted molar refractivity (Wildman–Crippen MR) is 200 cm³/mol. The van der Waals surface area contributed by atoms with Crippen LogP contribution < -0.4 is 9.70 Å². The molecule has 5 aromatic rings. The number of sulfonamides is 1. The van der Waals surface area contributed by atoms with Crippen molar-refractivity contribution >= 4 is 73.7 Å². The first kappa shape index (κ1) is 36.0. The number of benzene rings is 2. The average Bonchev–Trinajstić information content (AvgIpc) is 3.65. The summed E-state index contributed by atoms with van der Waals surface area (Å²) < 4.78 is 42.3. The Hall–Kier alpha value is -3.80. The molecular weight excluding hydrogens is 711 g/mol. The summed E-state index contributed by atoms with van der Waals surface area (Å²) in [5.41, 5.74) is 2.06. The third kappa shape index (κ3) is 7.74. The second kappa shape index (κ2) is 14.8. The van der Waals surface area contributed by atoms with Crippen molar-refractivity contribution in [2.45, 2.75) is 57.1 Å². The number of hydrogen-bond donors (Lipinski definition) is 0. The first-order chi connectivity index (χ1) is 23.9. The molecule has 50 heavy (non-hydrogen) atoms. The minimum atomic E-state index is -3.64. The summed E-state index contributed by atoms with van der Waals surface area (Å²) in [4.78, 5) is 26.0. The van der Waals surface area contributed by atoms with E-state index in [9.17, 15) is 13.2 Å². The van der Waals surface area contributed by atoms with Crippen LogP contribution in [0.15, 0.2) is 70.6 Å². The number of anilines is 2. The lowest BCUT2D eigenvalue weighted by molar-refractivity contribution is 0.0517. The lowest BCUT2D eigenvalue weighted by Gasteiger charge is -2.37. The molecule has 1 saturated heterocycles. The first-order valence-corrected chi connectivity index (χ1v) is 23.2. The molecule has 2 aromatic carbocycles. The fourth-order valence-electron chi connectivity index (χ4n) is 5.32. The average molecular weight is 752 g/mol. The van der Waals surface area contributed by atoms with Crippen LogP contribution in [-0.4, -0.2) is 79.9 Å². The quantitative estimate of drug-likeness (QED) is 0.0748. The largest absolute Gasteiger partial charge is 0.461 e. The highest BCUT2D eigenvalue weighted by atomic mass is 32.2. The van der Waals surface area contributed by atoms with Crippen LogP contribution in [-0.2, 0) is 26.2 Å². The van der Waals surface area contributed by atoms with E-state index >= 15 is 0 Å². The molecule has 0 aliphatic carbocycles. The molecule has 16 heteroatoms. The summed E-state index contributed by atoms with van der Waals surface area (Å²) in [6.45, 7) is 12.5. The maximum Gasteiger partial charge on any atom is 0.358 e. The normalized spacial score (nSPS) is 14.6. The van der Waals surface area contributed by atoms with Gasteiger partial charge in [0.1, 0.15) is 6.73 Å². The van der Waals surface area contributed by atoms with E-state index < -0.39 is 24.1 Å². The van der Waals surface area contributed by atoms with Gasteiger partial charge in [-0.2, -0.15) is 9.30 Å². The van der Waals surface area contributed by atoms with E-state index in [-0.39, 0.29) is 36.2 Å². The summed E-state index contributed by atoms with van der Waals surface area (Å²) in [5, 5.41) is 9.50.